The van der Waals surface area contributed by atoms with Crippen molar-refractivity contribution in [1.82, 2.24) is 10.3 Å². The van der Waals surface area contributed by atoms with Crippen LogP contribution in [-0.4, -0.2) is 18.1 Å². The molecule has 1 aromatic heterocycles. The molecule has 0 fully saturated rings. The van der Waals surface area contributed by atoms with Crippen LogP contribution in [0.2, 0.25) is 0 Å². The third-order valence-electron chi connectivity index (χ3n) is 3.05. The summed E-state index contributed by atoms with van der Waals surface area (Å²) in [4.78, 5) is 3.33. The van der Waals surface area contributed by atoms with Gasteiger partial charge in [0.25, 0.3) is 0 Å². The Hall–Kier alpha value is -1.06. The van der Waals surface area contributed by atoms with Crippen LogP contribution in [0.5, 0.6) is 0 Å². The Morgan fingerprint density at radius 3 is 3.00 bits per heavy atom. The molecule has 0 saturated heterocycles. The molecule has 3 heteroatoms. The standard InChI is InChI=1S/C13H13BrN2/c14-10-1-2-13-11(7-10)12(8-16-13)9-3-5-15-6-4-9/h1-3,7-8,15-16H,4-6H2. The maximum Gasteiger partial charge on any atom is 0.0461 e. The normalized spacial score (nSPS) is 16.4. The Labute approximate surface area is 103 Å². The van der Waals surface area contributed by atoms with E-state index in [-0.39, 0.29) is 0 Å². The van der Waals surface area contributed by atoms with E-state index in [0.29, 0.717) is 0 Å². The molecule has 0 atom stereocenters. The van der Waals surface area contributed by atoms with Gasteiger partial charge < -0.3 is 10.3 Å². The van der Waals surface area contributed by atoms with Crippen LogP contribution in [-0.2, 0) is 0 Å². The fraction of sp³-hybridized carbons (Fsp3) is 0.231. The predicted octanol–water partition coefficient (Wildman–Crippen LogP) is 3.31. The van der Waals surface area contributed by atoms with Gasteiger partial charge in [0, 0.05) is 33.7 Å². The molecule has 1 aliphatic heterocycles. The lowest BCUT2D eigenvalue weighted by atomic mass is 10.00. The fourth-order valence-electron chi connectivity index (χ4n) is 2.23. The summed E-state index contributed by atoms with van der Waals surface area (Å²) in [5.74, 6) is 0. The van der Waals surface area contributed by atoms with Crippen molar-refractivity contribution in [2.24, 2.45) is 0 Å². The van der Waals surface area contributed by atoms with Crippen LogP contribution < -0.4 is 5.32 Å². The molecular weight excluding hydrogens is 264 g/mol. The number of hydrogen-bond donors (Lipinski definition) is 2. The van der Waals surface area contributed by atoms with E-state index in [9.17, 15) is 0 Å². The molecule has 0 aliphatic carbocycles. The Bertz CT molecular complexity index is 554. The maximum atomic E-state index is 3.53. The zero-order valence-electron chi connectivity index (χ0n) is 8.89. The summed E-state index contributed by atoms with van der Waals surface area (Å²) in [6.07, 6.45) is 5.51. The van der Waals surface area contributed by atoms with Gasteiger partial charge in [-0.15, -0.1) is 0 Å². The fourth-order valence-corrected chi connectivity index (χ4v) is 2.59. The third-order valence-corrected chi connectivity index (χ3v) is 3.55. The molecule has 2 N–H and O–H groups in total. The Morgan fingerprint density at radius 2 is 2.19 bits per heavy atom. The van der Waals surface area contributed by atoms with Crippen LogP contribution in [0.1, 0.15) is 12.0 Å². The SMILES string of the molecule is Brc1ccc2[nH]cc(C3=CCNCC3)c2c1. The highest BCUT2D eigenvalue weighted by molar-refractivity contribution is 9.10. The lowest BCUT2D eigenvalue weighted by Crippen LogP contribution is -2.19. The third kappa shape index (κ3) is 1.70. The molecule has 16 heavy (non-hydrogen) atoms. The van der Waals surface area contributed by atoms with Gasteiger partial charge in [-0.1, -0.05) is 22.0 Å². The molecule has 0 amide bonds. The number of benzene rings is 1. The highest BCUT2D eigenvalue weighted by atomic mass is 79.9. The highest BCUT2D eigenvalue weighted by Gasteiger charge is 2.10. The molecule has 82 valence electrons. The van der Waals surface area contributed by atoms with Crippen LogP contribution in [0.25, 0.3) is 16.5 Å². The summed E-state index contributed by atoms with van der Waals surface area (Å²) in [6.45, 7) is 2.06. The first-order chi connectivity index (χ1) is 7.84. The molecule has 3 rings (SSSR count). The van der Waals surface area contributed by atoms with Crippen molar-refractivity contribution in [3.8, 4) is 0 Å². The minimum absolute atomic E-state index is 0.982. The van der Waals surface area contributed by atoms with Gasteiger partial charge >= 0.3 is 0 Å². The van der Waals surface area contributed by atoms with Crippen molar-refractivity contribution in [2.45, 2.75) is 6.42 Å². The minimum Gasteiger partial charge on any atom is -0.361 e. The topological polar surface area (TPSA) is 27.8 Å². The molecule has 0 saturated carbocycles. The smallest absolute Gasteiger partial charge is 0.0461 e. The van der Waals surface area contributed by atoms with Crippen LogP contribution in [0.15, 0.2) is 34.9 Å². The zero-order valence-corrected chi connectivity index (χ0v) is 10.5. The van der Waals surface area contributed by atoms with Crippen molar-refractivity contribution in [3.63, 3.8) is 0 Å². The average molecular weight is 277 g/mol. The van der Waals surface area contributed by atoms with E-state index < -0.39 is 0 Å². The monoisotopic (exact) mass is 276 g/mol. The van der Waals surface area contributed by atoms with E-state index in [2.05, 4.69) is 56.7 Å². The minimum atomic E-state index is 0.982. The van der Waals surface area contributed by atoms with Crippen molar-refractivity contribution >= 4 is 32.4 Å². The summed E-state index contributed by atoms with van der Waals surface area (Å²) in [5.41, 5.74) is 4.00. The number of H-pyrrole nitrogens is 1. The summed E-state index contributed by atoms with van der Waals surface area (Å²) < 4.78 is 1.13. The zero-order chi connectivity index (χ0) is 11.0. The molecular formula is C13H13BrN2. The Kier molecular flexibility index (Phi) is 2.58. The molecule has 0 spiro atoms. The van der Waals surface area contributed by atoms with E-state index in [1.807, 2.05) is 0 Å². The lowest BCUT2D eigenvalue weighted by molar-refractivity contribution is 0.739. The molecule has 0 radical (unpaired) electrons. The van der Waals surface area contributed by atoms with E-state index in [0.717, 1.165) is 24.0 Å². The number of aromatic nitrogens is 1. The molecule has 0 unspecified atom stereocenters. The second-order valence-electron chi connectivity index (χ2n) is 4.08. The van der Waals surface area contributed by atoms with E-state index in [1.54, 1.807) is 0 Å². The number of rotatable bonds is 1. The lowest BCUT2D eigenvalue weighted by Gasteiger charge is -2.13. The molecule has 2 heterocycles. The first-order valence-corrected chi connectivity index (χ1v) is 6.30. The number of nitrogens with one attached hydrogen (secondary N) is 2. The largest absolute Gasteiger partial charge is 0.361 e. The number of aromatic amines is 1. The van der Waals surface area contributed by atoms with Crippen molar-refractivity contribution in [2.75, 3.05) is 13.1 Å². The second kappa shape index (κ2) is 4.07. The number of hydrogen-bond acceptors (Lipinski definition) is 1. The van der Waals surface area contributed by atoms with Crippen molar-refractivity contribution < 1.29 is 0 Å². The summed E-state index contributed by atoms with van der Waals surface area (Å²) in [5, 5.41) is 4.65. The summed E-state index contributed by atoms with van der Waals surface area (Å²) in [7, 11) is 0. The molecule has 1 aromatic carbocycles. The van der Waals surface area contributed by atoms with Crippen molar-refractivity contribution in [1.29, 1.82) is 0 Å². The molecule has 2 nitrogen and oxygen atoms in total. The van der Waals surface area contributed by atoms with E-state index >= 15 is 0 Å². The van der Waals surface area contributed by atoms with Crippen LogP contribution in [0, 0.1) is 0 Å². The Morgan fingerprint density at radius 1 is 1.25 bits per heavy atom. The highest BCUT2D eigenvalue weighted by Crippen LogP contribution is 2.29. The van der Waals surface area contributed by atoms with E-state index in [4.69, 9.17) is 0 Å². The number of fused-ring (bicyclic) bond motifs is 1. The molecule has 2 aromatic rings. The van der Waals surface area contributed by atoms with Crippen LogP contribution >= 0.6 is 15.9 Å². The maximum absolute atomic E-state index is 3.53. The van der Waals surface area contributed by atoms with Crippen LogP contribution in [0.3, 0.4) is 0 Å². The van der Waals surface area contributed by atoms with Gasteiger partial charge in [0.05, 0.1) is 0 Å². The first kappa shape index (κ1) is 10.1. The number of halogens is 1. The van der Waals surface area contributed by atoms with Crippen molar-refractivity contribution in [3.05, 3.63) is 40.5 Å². The second-order valence-corrected chi connectivity index (χ2v) is 4.99. The van der Waals surface area contributed by atoms with Gasteiger partial charge in [0.15, 0.2) is 0 Å². The first-order valence-electron chi connectivity index (χ1n) is 5.51. The van der Waals surface area contributed by atoms with Crippen LogP contribution in [0.4, 0.5) is 0 Å². The molecule has 1 aliphatic rings. The Balaban J connectivity index is 2.16. The quantitative estimate of drug-likeness (QED) is 0.822. The summed E-state index contributed by atoms with van der Waals surface area (Å²) >= 11 is 3.53. The van der Waals surface area contributed by atoms with Gasteiger partial charge in [-0.2, -0.15) is 0 Å². The van der Waals surface area contributed by atoms with Gasteiger partial charge in [-0.3, -0.25) is 0 Å². The predicted molar refractivity (Wildman–Crippen MR) is 71.5 cm³/mol. The van der Waals surface area contributed by atoms with Gasteiger partial charge in [0.1, 0.15) is 0 Å². The van der Waals surface area contributed by atoms with Gasteiger partial charge in [-0.05, 0) is 36.7 Å². The van der Waals surface area contributed by atoms with Gasteiger partial charge in [-0.25, -0.2) is 0 Å². The van der Waals surface area contributed by atoms with Gasteiger partial charge in [0.2, 0.25) is 0 Å². The molecule has 0 bridgehead atoms. The summed E-state index contributed by atoms with van der Waals surface area (Å²) in [6, 6.07) is 6.37. The average Bonchev–Trinajstić information content (AvgIpc) is 2.73. The van der Waals surface area contributed by atoms with E-state index in [1.165, 1.54) is 22.0 Å².